The molecule has 0 atom stereocenters. The van der Waals surface area contributed by atoms with Crippen LogP contribution in [0.4, 0.5) is 0 Å². The van der Waals surface area contributed by atoms with Crippen LogP contribution in [0, 0.1) is 0 Å². The zero-order valence-electron chi connectivity index (χ0n) is 15.0. The number of nitrogens with zero attached hydrogens (tertiary/aromatic N) is 1. The molecule has 0 saturated carbocycles. The van der Waals surface area contributed by atoms with E-state index in [-0.39, 0.29) is 23.1 Å². The van der Waals surface area contributed by atoms with Crippen molar-refractivity contribution in [2.24, 2.45) is 0 Å². The van der Waals surface area contributed by atoms with Gasteiger partial charge in [0.2, 0.25) is 11.8 Å². The lowest BCUT2D eigenvalue weighted by molar-refractivity contribution is -0.149. The summed E-state index contributed by atoms with van der Waals surface area (Å²) in [6.07, 6.45) is 11.1. The van der Waals surface area contributed by atoms with Gasteiger partial charge in [0.15, 0.2) is 0 Å². The fourth-order valence-electron chi connectivity index (χ4n) is 3.14. The van der Waals surface area contributed by atoms with Gasteiger partial charge < -0.3 is 0 Å². The monoisotopic (exact) mass is 329 g/mol. The number of thiol groups is 1. The van der Waals surface area contributed by atoms with Crippen molar-refractivity contribution in [2.75, 3.05) is 5.75 Å². The van der Waals surface area contributed by atoms with Crippen LogP contribution in [0.1, 0.15) is 91.9 Å². The predicted molar refractivity (Wildman–Crippen MR) is 97.3 cm³/mol. The Morgan fingerprint density at radius 1 is 0.909 bits per heavy atom. The molecule has 0 unspecified atom stereocenters. The lowest BCUT2D eigenvalue weighted by Crippen LogP contribution is -2.52. The Kier molecular flexibility index (Phi) is 11.7. The molecule has 0 aromatic rings. The Morgan fingerprint density at radius 2 is 1.36 bits per heavy atom. The molecule has 130 valence electrons. The highest BCUT2D eigenvalue weighted by Crippen LogP contribution is 2.30. The van der Waals surface area contributed by atoms with E-state index in [2.05, 4.69) is 33.4 Å². The maximum Gasteiger partial charge on any atom is 0.239 e. The quantitative estimate of drug-likeness (QED) is 0.404. The number of rotatable bonds is 12. The molecule has 0 rings (SSSR count). The number of carbonyl (C=O) groups excluding carboxylic acids is 2. The lowest BCUT2D eigenvalue weighted by atomic mass is 9.86. The predicted octanol–water partition coefficient (Wildman–Crippen LogP) is 4.99. The SMILES string of the molecule is CCCCCCC(C)(CCCCCC)N(C(C)=O)C(=O)CS. The van der Waals surface area contributed by atoms with Gasteiger partial charge in [0.05, 0.1) is 5.75 Å². The molecule has 3 nitrogen and oxygen atoms in total. The second-order valence-electron chi connectivity index (χ2n) is 6.52. The summed E-state index contributed by atoms with van der Waals surface area (Å²) in [6, 6.07) is 0. The van der Waals surface area contributed by atoms with Gasteiger partial charge in [-0.1, -0.05) is 65.2 Å². The van der Waals surface area contributed by atoms with Crippen LogP contribution in [-0.2, 0) is 9.59 Å². The molecule has 4 heteroatoms. The number of unbranched alkanes of at least 4 members (excludes halogenated alkanes) is 6. The summed E-state index contributed by atoms with van der Waals surface area (Å²) in [5.74, 6) is -0.212. The minimum Gasteiger partial charge on any atom is -0.276 e. The smallest absolute Gasteiger partial charge is 0.239 e. The van der Waals surface area contributed by atoms with Crippen molar-refractivity contribution in [1.29, 1.82) is 0 Å². The molecule has 0 aliphatic carbocycles. The molecule has 22 heavy (non-hydrogen) atoms. The summed E-state index contributed by atoms with van der Waals surface area (Å²) in [5.41, 5.74) is -0.354. The second kappa shape index (κ2) is 12.0. The highest BCUT2D eigenvalue weighted by Gasteiger charge is 2.36. The molecule has 0 aromatic carbocycles. The Hall–Kier alpha value is -0.510. The van der Waals surface area contributed by atoms with E-state index in [1.54, 1.807) is 0 Å². The van der Waals surface area contributed by atoms with Gasteiger partial charge in [0, 0.05) is 12.5 Å². The van der Waals surface area contributed by atoms with Crippen molar-refractivity contribution in [1.82, 2.24) is 4.90 Å². The third kappa shape index (κ3) is 7.66. The highest BCUT2D eigenvalue weighted by molar-refractivity contribution is 7.81. The van der Waals surface area contributed by atoms with Gasteiger partial charge in [-0.05, 0) is 19.8 Å². The first-order chi connectivity index (χ1) is 10.4. The van der Waals surface area contributed by atoms with E-state index < -0.39 is 0 Å². The first kappa shape index (κ1) is 21.5. The van der Waals surface area contributed by atoms with Crippen LogP contribution < -0.4 is 0 Å². The first-order valence-electron chi connectivity index (χ1n) is 8.87. The van der Waals surface area contributed by atoms with E-state index in [1.165, 1.54) is 50.3 Å². The normalized spacial score (nSPS) is 11.5. The molecular formula is C18H35NO2S. The van der Waals surface area contributed by atoms with Gasteiger partial charge in [-0.2, -0.15) is 12.6 Å². The summed E-state index contributed by atoms with van der Waals surface area (Å²) in [7, 11) is 0. The van der Waals surface area contributed by atoms with E-state index in [0.717, 1.165) is 25.7 Å². The molecule has 0 saturated heterocycles. The maximum atomic E-state index is 12.2. The molecule has 0 N–H and O–H groups in total. The van der Waals surface area contributed by atoms with Crippen LogP contribution >= 0.6 is 12.6 Å². The second-order valence-corrected chi connectivity index (χ2v) is 6.84. The summed E-state index contributed by atoms with van der Waals surface area (Å²) in [6.45, 7) is 7.96. The number of hydrogen-bond donors (Lipinski definition) is 1. The van der Waals surface area contributed by atoms with Gasteiger partial charge in [0.1, 0.15) is 0 Å². The number of carbonyl (C=O) groups is 2. The van der Waals surface area contributed by atoms with Crippen molar-refractivity contribution in [3.63, 3.8) is 0 Å². The van der Waals surface area contributed by atoms with E-state index in [9.17, 15) is 9.59 Å². The van der Waals surface area contributed by atoms with Crippen molar-refractivity contribution < 1.29 is 9.59 Å². The minimum atomic E-state index is -0.354. The first-order valence-corrected chi connectivity index (χ1v) is 9.50. The molecule has 0 radical (unpaired) electrons. The van der Waals surface area contributed by atoms with Crippen molar-refractivity contribution in [3.8, 4) is 0 Å². The zero-order chi connectivity index (χ0) is 17.0. The summed E-state index contributed by atoms with van der Waals surface area (Å²) >= 11 is 4.09. The van der Waals surface area contributed by atoms with Crippen LogP contribution in [0.3, 0.4) is 0 Å². The summed E-state index contributed by atoms with van der Waals surface area (Å²) in [5, 5.41) is 0. The third-order valence-corrected chi connectivity index (χ3v) is 4.65. The van der Waals surface area contributed by atoms with Crippen molar-refractivity contribution in [2.45, 2.75) is 97.4 Å². The van der Waals surface area contributed by atoms with Gasteiger partial charge >= 0.3 is 0 Å². The molecule has 0 heterocycles. The molecule has 0 aromatic heterocycles. The number of amides is 2. The Balaban J connectivity index is 4.91. The fourth-order valence-corrected chi connectivity index (χ4v) is 3.28. The Morgan fingerprint density at radius 3 is 1.68 bits per heavy atom. The topological polar surface area (TPSA) is 37.4 Å². The van der Waals surface area contributed by atoms with Crippen LogP contribution in [0.25, 0.3) is 0 Å². The lowest BCUT2D eigenvalue weighted by Gasteiger charge is -2.40. The number of imide groups is 1. The molecule has 0 bridgehead atoms. The van der Waals surface area contributed by atoms with E-state index in [4.69, 9.17) is 0 Å². The van der Waals surface area contributed by atoms with Crippen molar-refractivity contribution >= 4 is 24.4 Å². The van der Waals surface area contributed by atoms with Crippen LogP contribution in [-0.4, -0.2) is 28.0 Å². The van der Waals surface area contributed by atoms with Gasteiger partial charge in [-0.15, -0.1) is 0 Å². The van der Waals surface area contributed by atoms with E-state index in [0.29, 0.717) is 0 Å². The van der Waals surface area contributed by atoms with Gasteiger partial charge in [-0.25, -0.2) is 0 Å². The fraction of sp³-hybridized carbons (Fsp3) is 0.889. The minimum absolute atomic E-state index is 0.0963. The summed E-state index contributed by atoms with van der Waals surface area (Å²) in [4.78, 5) is 25.7. The van der Waals surface area contributed by atoms with Crippen LogP contribution in [0.2, 0.25) is 0 Å². The standard InChI is InChI=1S/C18H35NO2S/c1-5-7-9-11-13-18(4,14-12-10-8-6-2)19(16(3)20)17(21)15-22/h22H,5-15H2,1-4H3. The van der Waals surface area contributed by atoms with E-state index in [1.807, 2.05) is 0 Å². The third-order valence-electron chi connectivity index (χ3n) is 4.38. The van der Waals surface area contributed by atoms with Gasteiger partial charge in [0.25, 0.3) is 0 Å². The summed E-state index contributed by atoms with van der Waals surface area (Å²) < 4.78 is 0. The molecule has 0 fully saturated rings. The van der Waals surface area contributed by atoms with Gasteiger partial charge in [-0.3, -0.25) is 14.5 Å². The Labute approximate surface area is 142 Å². The van der Waals surface area contributed by atoms with Crippen molar-refractivity contribution in [3.05, 3.63) is 0 Å². The Bertz CT molecular complexity index is 319. The average molecular weight is 330 g/mol. The number of hydrogen-bond acceptors (Lipinski definition) is 3. The van der Waals surface area contributed by atoms with Crippen LogP contribution in [0.5, 0.6) is 0 Å². The zero-order valence-corrected chi connectivity index (χ0v) is 15.9. The van der Waals surface area contributed by atoms with E-state index >= 15 is 0 Å². The highest BCUT2D eigenvalue weighted by atomic mass is 32.1. The maximum absolute atomic E-state index is 12.2. The average Bonchev–Trinajstić information content (AvgIpc) is 2.48. The molecular weight excluding hydrogens is 294 g/mol. The molecule has 2 amide bonds. The van der Waals surface area contributed by atoms with Crippen LogP contribution in [0.15, 0.2) is 0 Å². The molecule has 0 aliphatic rings. The molecule has 0 aliphatic heterocycles. The largest absolute Gasteiger partial charge is 0.276 e. The molecule has 0 spiro atoms.